The van der Waals surface area contributed by atoms with Gasteiger partial charge in [0.25, 0.3) is 21.8 Å². The van der Waals surface area contributed by atoms with Crippen molar-refractivity contribution in [3.63, 3.8) is 0 Å². The largest absolute Gasteiger partial charge is 0.481 e. The first-order valence-corrected chi connectivity index (χ1v) is 9.29. The van der Waals surface area contributed by atoms with Crippen molar-refractivity contribution in [1.82, 2.24) is 9.21 Å². The number of hydrogen-bond acceptors (Lipinski definition) is 5. The quantitative estimate of drug-likeness (QED) is 0.807. The molecule has 0 aromatic heterocycles. The lowest BCUT2D eigenvalue weighted by atomic mass is 10.1. The van der Waals surface area contributed by atoms with Crippen molar-refractivity contribution in [2.75, 3.05) is 13.1 Å². The number of rotatable bonds is 6. The zero-order valence-electron chi connectivity index (χ0n) is 14.2. The Kier molecular flexibility index (Phi) is 5.17. The first-order valence-electron chi connectivity index (χ1n) is 7.85. The Morgan fingerprint density at radius 1 is 1.28 bits per heavy atom. The summed E-state index contributed by atoms with van der Waals surface area (Å²) in [6.07, 6.45) is -0.206. The van der Waals surface area contributed by atoms with Crippen molar-refractivity contribution in [1.29, 1.82) is 0 Å². The average molecular weight is 368 g/mol. The fraction of sp³-hybridized carbons (Fsp3) is 0.438. The van der Waals surface area contributed by atoms with E-state index < -0.39 is 33.8 Å². The minimum Gasteiger partial charge on any atom is -0.481 e. The van der Waals surface area contributed by atoms with E-state index in [0.717, 1.165) is 4.31 Å². The number of nitrogens with zero attached hydrogens (tertiary/aromatic N) is 2. The van der Waals surface area contributed by atoms with Crippen LogP contribution < -0.4 is 0 Å². The van der Waals surface area contributed by atoms with Crippen molar-refractivity contribution in [3.05, 3.63) is 29.3 Å². The van der Waals surface area contributed by atoms with Gasteiger partial charge in [-0.2, -0.15) is 0 Å². The maximum absolute atomic E-state index is 12.6. The van der Waals surface area contributed by atoms with E-state index in [1.54, 1.807) is 20.8 Å². The van der Waals surface area contributed by atoms with Gasteiger partial charge in [-0.05, 0) is 39.0 Å². The van der Waals surface area contributed by atoms with Crippen molar-refractivity contribution in [3.8, 4) is 0 Å². The van der Waals surface area contributed by atoms with Crippen LogP contribution in [0.2, 0.25) is 0 Å². The molecule has 1 aromatic carbocycles. The van der Waals surface area contributed by atoms with Gasteiger partial charge in [0.2, 0.25) is 0 Å². The number of amides is 2. The Labute approximate surface area is 146 Å². The van der Waals surface area contributed by atoms with Gasteiger partial charge in [0.05, 0.1) is 12.0 Å². The molecule has 9 heteroatoms. The van der Waals surface area contributed by atoms with Gasteiger partial charge in [0.15, 0.2) is 0 Å². The van der Waals surface area contributed by atoms with E-state index in [1.807, 2.05) is 0 Å². The van der Waals surface area contributed by atoms with Crippen LogP contribution in [0, 0.1) is 0 Å². The molecular formula is C16H20N2O6S. The predicted molar refractivity (Wildman–Crippen MR) is 88.8 cm³/mol. The number of carbonyl (C=O) groups is 3. The van der Waals surface area contributed by atoms with E-state index in [0.29, 0.717) is 0 Å². The summed E-state index contributed by atoms with van der Waals surface area (Å²) in [5.41, 5.74) is 0.145. The van der Waals surface area contributed by atoms with Crippen LogP contribution in [0.25, 0.3) is 0 Å². The lowest BCUT2D eigenvalue weighted by Crippen LogP contribution is -2.36. The second kappa shape index (κ2) is 6.83. The minimum absolute atomic E-state index is 0.0194. The summed E-state index contributed by atoms with van der Waals surface area (Å²) in [4.78, 5) is 36.6. The summed E-state index contributed by atoms with van der Waals surface area (Å²) in [6.45, 7) is 5.20. The summed E-state index contributed by atoms with van der Waals surface area (Å²) >= 11 is 0. The average Bonchev–Trinajstić information content (AvgIpc) is 2.73. The van der Waals surface area contributed by atoms with Crippen LogP contribution in [0.3, 0.4) is 0 Å². The molecular weight excluding hydrogens is 348 g/mol. The molecule has 0 saturated heterocycles. The molecule has 1 aliphatic rings. The highest BCUT2D eigenvalue weighted by Crippen LogP contribution is 2.32. The maximum Gasteiger partial charge on any atom is 0.305 e. The van der Waals surface area contributed by atoms with Gasteiger partial charge in [-0.1, -0.05) is 0 Å². The normalized spacial score (nSPS) is 15.4. The highest BCUT2D eigenvalue weighted by atomic mass is 32.2. The van der Waals surface area contributed by atoms with E-state index >= 15 is 0 Å². The van der Waals surface area contributed by atoms with Gasteiger partial charge in [0, 0.05) is 24.7 Å². The van der Waals surface area contributed by atoms with Crippen molar-refractivity contribution in [2.45, 2.75) is 38.1 Å². The summed E-state index contributed by atoms with van der Waals surface area (Å²) in [5.74, 6) is -2.11. The molecule has 0 bridgehead atoms. The Hall–Kier alpha value is -2.42. The Morgan fingerprint density at radius 3 is 2.44 bits per heavy atom. The molecule has 1 aromatic rings. The molecule has 136 valence electrons. The smallest absolute Gasteiger partial charge is 0.305 e. The van der Waals surface area contributed by atoms with Crippen LogP contribution in [-0.4, -0.2) is 59.6 Å². The summed E-state index contributed by atoms with van der Waals surface area (Å²) < 4.78 is 25.9. The number of benzene rings is 1. The van der Waals surface area contributed by atoms with Crippen molar-refractivity contribution >= 4 is 27.8 Å². The van der Waals surface area contributed by atoms with Crippen LogP contribution in [0.4, 0.5) is 0 Å². The fourth-order valence-electron chi connectivity index (χ4n) is 2.71. The Bertz CT molecular complexity index is 831. The Balaban J connectivity index is 2.40. The highest BCUT2D eigenvalue weighted by Gasteiger charge is 2.43. The number of carbonyl (C=O) groups excluding carboxylic acids is 2. The summed E-state index contributed by atoms with van der Waals surface area (Å²) in [6, 6.07) is 3.38. The van der Waals surface area contributed by atoms with Gasteiger partial charge in [0.1, 0.15) is 4.90 Å². The fourth-order valence-corrected chi connectivity index (χ4v) is 4.50. The first kappa shape index (κ1) is 18.9. The number of carboxylic acid groups (broad SMARTS) is 1. The topological polar surface area (TPSA) is 112 Å². The number of carboxylic acids is 1. The van der Waals surface area contributed by atoms with Crippen LogP contribution in [0.5, 0.6) is 0 Å². The molecule has 2 amide bonds. The summed E-state index contributed by atoms with van der Waals surface area (Å²) in [5, 5.41) is 8.76. The third-order valence-electron chi connectivity index (χ3n) is 3.93. The predicted octanol–water partition coefficient (Wildman–Crippen LogP) is 1.18. The molecule has 1 N–H and O–H groups in total. The lowest BCUT2D eigenvalue weighted by Gasteiger charge is -2.20. The highest BCUT2D eigenvalue weighted by molar-refractivity contribution is 7.90. The molecule has 1 heterocycles. The van der Waals surface area contributed by atoms with Crippen molar-refractivity contribution < 1.29 is 27.9 Å². The maximum atomic E-state index is 12.6. The monoisotopic (exact) mass is 368 g/mol. The van der Waals surface area contributed by atoms with Crippen LogP contribution >= 0.6 is 0 Å². The van der Waals surface area contributed by atoms with E-state index in [9.17, 15) is 22.8 Å². The molecule has 8 nitrogen and oxygen atoms in total. The molecule has 25 heavy (non-hydrogen) atoms. The minimum atomic E-state index is -3.99. The number of hydrogen-bond donors (Lipinski definition) is 1. The van der Waals surface area contributed by atoms with Gasteiger partial charge in [-0.3, -0.25) is 14.4 Å². The molecule has 0 fully saturated rings. The number of sulfonamides is 1. The van der Waals surface area contributed by atoms with Gasteiger partial charge in [-0.25, -0.2) is 12.7 Å². The van der Waals surface area contributed by atoms with Gasteiger partial charge >= 0.3 is 5.97 Å². The molecule has 2 rings (SSSR count). The second-order valence-corrected chi connectivity index (χ2v) is 7.72. The zero-order chi connectivity index (χ0) is 18.9. The third-order valence-corrected chi connectivity index (χ3v) is 5.93. The molecule has 0 saturated carbocycles. The molecule has 0 atom stereocenters. The number of aliphatic carboxylic acids is 1. The van der Waals surface area contributed by atoms with Gasteiger partial charge in [-0.15, -0.1) is 0 Å². The number of fused-ring (bicyclic) bond motifs is 1. The zero-order valence-corrected chi connectivity index (χ0v) is 15.0. The summed E-state index contributed by atoms with van der Waals surface area (Å²) in [7, 11) is -3.99. The van der Waals surface area contributed by atoms with Crippen LogP contribution in [0.1, 0.15) is 47.9 Å². The van der Waals surface area contributed by atoms with E-state index in [-0.39, 0.29) is 35.5 Å². The van der Waals surface area contributed by atoms with Gasteiger partial charge < -0.3 is 10.0 Å². The third kappa shape index (κ3) is 3.37. The molecule has 0 spiro atoms. The van der Waals surface area contributed by atoms with E-state index in [2.05, 4.69) is 0 Å². The molecule has 0 unspecified atom stereocenters. The van der Waals surface area contributed by atoms with Crippen LogP contribution in [0.15, 0.2) is 23.1 Å². The van der Waals surface area contributed by atoms with E-state index in [1.165, 1.54) is 23.1 Å². The first-order chi connectivity index (χ1) is 11.6. The Morgan fingerprint density at radius 2 is 1.92 bits per heavy atom. The standard InChI is InChI=1S/C16H20N2O6S/c1-4-17(8-7-14(19)20)15(21)11-5-6-12-13(9-11)25(23,24)18(10(2)3)16(12)22/h5-6,9-10H,4,7-8H2,1-3H3,(H,19,20). The molecule has 1 aliphatic heterocycles. The molecule has 0 radical (unpaired) electrons. The molecule has 0 aliphatic carbocycles. The van der Waals surface area contributed by atoms with E-state index in [4.69, 9.17) is 5.11 Å². The lowest BCUT2D eigenvalue weighted by molar-refractivity contribution is -0.137. The van der Waals surface area contributed by atoms with Crippen LogP contribution in [-0.2, 0) is 14.8 Å². The SMILES string of the molecule is CCN(CCC(=O)O)C(=O)c1ccc2c(c1)S(=O)(=O)N(C(C)C)C2=O. The second-order valence-electron chi connectivity index (χ2n) is 5.94. The van der Waals surface area contributed by atoms with Crippen molar-refractivity contribution in [2.24, 2.45) is 0 Å².